The summed E-state index contributed by atoms with van der Waals surface area (Å²) in [4.78, 5) is 18.9. The zero-order valence-corrected chi connectivity index (χ0v) is 23.2. The van der Waals surface area contributed by atoms with Crippen LogP contribution in [0, 0.1) is 0 Å². The van der Waals surface area contributed by atoms with Crippen molar-refractivity contribution in [2.75, 3.05) is 50.8 Å². The number of benzene rings is 3. The summed E-state index contributed by atoms with van der Waals surface area (Å²) < 4.78 is 49.2. The molecule has 0 N–H and O–H groups in total. The van der Waals surface area contributed by atoms with Crippen molar-refractivity contribution < 1.29 is 27.4 Å². The van der Waals surface area contributed by atoms with Crippen molar-refractivity contribution in [3.63, 3.8) is 0 Å². The minimum absolute atomic E-state index is 0.0297. The van der Waals surface area contributed by atoms with E-state index in [4.69, 9.17) is 4.74 Å². The smallest absolute Gasteiger partial charge is 0.494 e. The van der Waals surface area contributed by atoms with E-state index >= 15 is 0 Å². The first kappa shape index (κ1) is 29.3. The van der Waals surface area contributed by atoms with Crippen LogP contribution < -0.4 is 14.4 Å². The summed E-state index contributed by atoms with van der Waals surface area (Å²) in [6.45, 7) is 11.2. The van der Waals surface area contributed by atoms with Gasteiger partial charge in [-0.25, -0.2) is 0 Å². The highest BCUT2D eigenvalue weighted by atomic mass is 19.4. The lowest BCUT2D eigenvalue weighted by molar-refractivity contribution is -0.274. The molecule has 0 aliphatic carbocycles. The van der Waals surface area contributed by atoms with Crippen molar-refractivity contribution in [1.82, 2.24) is 9.80 Å². The topological polar surface area (TPSA) is 45.2 Å². The molecule has 0 spiro atoms. The first-order chi connectivity index (χ1) is 19.2. The van der Waals surface area contributed by atoms with E-state index in [1.807, 2.05) is 75.4 Å². The fourth-order valence-corrected chi connectivity index (χ4v) is 4.97. The van der Waals surface area contributed by atoms with Crippen LogP contribution in [0.25, 0.3) is 11.1 Å². The van der Waals surface area contributed by atoms with Gasteiger partial charge in [-0.2, -0.15) is 0 Å². The number of piperazine rings is 1. The molecule has 40 heavy (non-hydrogen) atoms. The molecule has 1 aliphatic rings. The Morgan fingerprint density at radius 2 is 1.52 bits per heavy atom. The van der Waals surface area contributed by atoms with Gasteiger partial charge in [0, 0.05) is 57.1 Å². The highest BCUT2D eigenvalue weighted by Gasteiger charge is 2.31. The van der Waals surface area contributed by atoms with E-state index in [1.54, 1.807) is 4.90 Å². The number of carbonyl (C=O) groups is 1. The molecule has 0 radical (unpaired) electrons. The molecule has 3 aromatic rings. The van der Waals surface area contributed by atoms with E-state index in [-0.39, 0.29) is 11.7 Å². The first-order valence-electron chi connectivity index (χ1n) is 13.7. The van der Waals surface area contributed by atoms with Crippen molar-refractivity contribution in [2.45, 2.75) is 33.7 Å². The molecule has 0 saturated carbocycles. The molecule has 1 amide bonds. The second-order valence-corrected chi connectivity index (χ2v) is 9.66. The first-order valence-corrected chi connectivity index (χ1v) is 13.7. The van der Waals surface area contributed by atoms with Gasteiger partial charge in [0.2, 0.25) is 0 Å². The predicted molar refractivity (Wildman–Crippen MR) is 151 cm³/mol. The van der Waals surface area contributed by atoms with Gasteiger partial charge in [-0.3, -0.25) is 9.69 Å². The molecule has 1 aliphatic heterocycles. The third kappa shape index (κ3) is 7.69. The third-order valence-corrected chi connectivity index (χ3v) is 6.99. The van der Waals surface area contributed by atoms with Crippen molar-refractivity contribution in [3.05, 3.63) is 77.9 Å². The molecule has 4 rings (SSSR count). The molecule has 1 fully saturated rings. The number of anilines is 1. The Morgan fingerprint density at radius 3 is 2.15 bits per heavy atom. The maximum atomic E-state index is 13.1. The second kappa shape index (κ2) is 13.1. The normalized spacial score (nSPS) is 14.2. The number of amides is 1. The quantitative estimate of drug-likeness (QED) is 0.288. The zero-order chi connectivity index (χ0) is 28.7. The van der Waals surface area contributed by atoms with Gasteiger partial charge in [0.15, 0.2) is 0 Å². The fraction of sp³-hybridized carbons (Fsp3) is 0.387. The SMILES string of the molecule is CCOc1cccc(-c2cc(CN3CCN(c4ccc(C(=O)N(CC)CC)cc4)CC3)cc(OC(F)(F)F)c2)c1. The third-order valence-electron chi connectivity index (χ3n) is 6.99. The number of alkyl halides is 3. The Bertz CT molecular complexity index is 1270. The van der Waals surface area contributed by atoms with Gasteiger partial charge < -0.3 is 19.3 Å². The van der Waals surface area contributed by atoms with Crippen LogP contribution in [0.2, 0.25) is 0 Å². The summed E-state index contributed by atoms with van der Waals surface area (Å²) in [7, 11) is 0. The number of ether oxygens (including phenoxy) is 2. The lowest BCUT2D eigenvalue weighted by atomic mass is 10.0. The van der Waals surface area contributed by atoms with Crippen LogP contribution in [-0.2, 0) is 6.54 Å². The highest BCUT2D eigenvalue weighted by molar-refractivity contribution is 5.94. The fourth-order valence-electron chi connectivity index (χ4n) is 4.97. The summed E-state index contributed by atoms with van der Waals surface area (Å²) in [6, 6.07) is 19.8. The minimum Gasteiger partial charge on any atom is -0.494 e. The van der Waals surface area contributed by atoms with Crippen molar-refractivity contribution in [3.8, 4) is 22.6 Å². The van der Waals surface area contributed by atoms with Crippen LogP contribution in [0.4, 0.5) is 18.9 Å². The summed E-state index contributed by atoms with van der Waals surface area (Å²) in [6.07, 6.45) is -4.78. The predicted octanol–water partition coefficient (Wildman–Crippen LogP) is 6.46. The zero-order valence-electron chi connectivity index (χ0n) is 23.2. The van der Waals surface area contributed by atoms with Gasteiger partial charge in [0.05, 0.1) is 6.61 Å². The number of hydrogen-bond acceptors (Lipinski definition) is 5. The lowest BCUT2D eigenvalue weighted by Gasteiger charge is -2.36. The molecule has 0 aromatic heterocycles. The van der Waals surface area contributed by atoms with Gasteiger partial charge in [0.25, 0.3) is 5.91 Å². The molecule has 0 atom stereocenters. The van der Waals surface area contributed by atoms with Crippen molar-refractivity contribution in [1.29, 1.82) is 0 Å². The second-order valence-electron chi connectivity index (χ2n) is 9.66. The average molecular weight is 556 g/mol. The van der Waals surface area contributed by atoms with Crippen LogP contribution in [0.5, 0.6) is 11.5 Å². The Kier molecular flexibility index (Phi) is 9.58. The Balaban J connectivity index is 1.45. The van der Waals surface area contributed by atoms with Crippen LogP contribution in [0.1, 0.15) is 36.7 Å². The van der Waals surface area contributed by atoms with Gasteiger partial charge in [-0.15, -0.1) is 13.2 Å². The van der Waals surface area contributed by atoms with Crippen LogP contribution >= 0.6 is 0 Å². The molecular formula is C31H36F3N3O3. The summed E-state index contributed by atoms with van der Waals surface area (Å²) in [5.74, 6) is 0.451. The molecule has 3 aromatic carbocycles. The van der Waals surface area contributed by atoms with E-state index in [1.165, 1.54) is 12.1 Å². The van der Waals surface area contributed by atoms with E-state index in [2.05, 4.69) is 14.5 Å². The molecule has 9 heteroatoms. The maximum absolute atomic E-state index is 13.1. The standard InChI is InChI=1S/C31H36F3N3O3/c1-4-36(5-2)30(38)24-10-12-27(13-11-24)37-16-14-35(15-17-37)22-23-18-26(21-29(19-23)40-31(32,33)34)25-8-7-9-28(20-25)39-6-3/h7-13,18-21H,4-6,14-17,22H2,1-3H3. The Labute approximate surface area is 233 Å². The summed E-state index contributed by atoms with van der Waals surface area (Å²) in [5, 5.41) is 0. The Hall–Kier alpha value is -3.72. The number of nitrogens with zero attached hydrogens (tertiary/aromatic N) is 3. The molecule has 6 nitrogen and oxygen atoms in total. The average Bonchev–Trinajstić information content (AvgIpc) is 2.93. The molecule has 1 saturated heterocycles. The number of rotatable bonds is 10. The number of carbonyl (C=O) groups excluding carboxylic acids is 1. The van der Waals surface area contributed by atoms with Gasteiger partial charge in [-0.05, 0) is 92.1 Å². The monoisotopic (exact) mass is 555 g/mol. The summed E-state index contributed by atoms with van der Waals surface area (Å²) in [5.41, 5.74) is 3.86. The van der Waals surface area contributed by atoms with Crippen molar-refractivity contribution >= 4 is 11.6 Å². The van der Waals surface area contributed by atoms with Gasteiger partial charge >= 0.3 is 6.36 Å². The molecule has 0 bridgehead atoms. The molecule has 0 unspecified atom stereocenters. The largest absolute Gasteiger partial charge is 0.573 e. The molecule has 214 valence electrons. The van der Waals surface area contributed by atoms with E-state index in [0.717, 1.165) is 43.0 Å². The Morgan fingerprint density at radius 1 is 0.850 bits per heavy atom. The molecular weight excluding hydrogens is 519 g/mol. The van der Waals surface area contributed by atoms with E-state index in [9.17, 15) is 18.0 Å². The summed E-state index contributed by atoms with van der Waals surface area (Å²) >= 11 is 0. The van der Waals surface area contributed by atoms with Crippen LogP contribution in [-0.4, -0.2) is 67.9 Å². The molecule has 1 heterocycles. The maximum Gasteiger partial charge on any atom is 0.573 e. The van der Waals surface area contributed by atoms with E-state index < -0.39 is 6.36 Å². The highest BCUT2D eigenvalue weighted by Crippen LogP contribution is 2.32. The van der Waals surface area contributed by atoms with Crippen LogP contribution in [0.15, 0.2) is 66.7 Å². The van der Waals surface area contributed by atoms with Crippen LogP contribution in [0.3, 0.4) is 0 Å². The van der Waals surface area contributed by atoms with Gasteiger partial charge in [0.1, 0.15) is 11.5 Å². The lowest BCUT2D eigenvalue weighted by Crippen LogP contribution is -2.46. The number of halogens is 3. The van der Waals surface area contributed by atoms with Crippen molar-refractivity contribution in [2.24, 2.45) is 0 Å². The van der Waals surface area contributed by atoms with Gasteiger partial charge in [-0.1, -0.05) is 12.1 Å². The minimum atomic E-state index is -4.78. The van der Waals surface area contributed by atoms with E-state index in [0.29, 0.717) is 43.1 Å². The number of hydrogen-bond donors (Lipinski definition) is 0.